The second-order valence-electron chi connectivity index (χ2n) is 8.24. The number of nitrogens with one attached hydrogen (secondary N) is 2. The largest absolute Gasteiger partial charge is 0.461 e. The molecule has 35 heavy (non-hydrogen) atoms. The molecule has 0 spiro atoms. The number of pyridine rings is 1. The minimum atomic E-state index is -1.99. The quantitative estimate of drug-likeness (QED) is 0.396. The Kier molecular flexibility index (Phi) is 5.59. The van der Waals surface area contributed by atoms with Gasteiger partial charge in [0, 0.05) is 42.8 Å². The van der Waals surface area contributed by atoms with Crippen molar-refractivity contribution in [3.05, 3.63) is 54.0 Å². The van der Waals surface area contributed by atoms with Crippen LogP contribution in [0.3, 0.4) is 0 Å². The number of rotatable bonds is 5. The predicted molar refractivity (Wildman–Crippen MR) is 122 cm³/mol. The van der Waals surface area contributed by atoms with Gasteiger partial charge in [-0.15, -0.1) is 0 Å². The fourth-order valence-electron chi connectivity index (χ4n) is 3.81. The Morgan fingerprint density at radius 3 is 2.69 bits per heavy atom. The van der Waals surface area contributed by atoms with Crippen molar-refractivity contribution in [3.63, 3.8) is 0 Å². The number of aromatic amines is 1. The lowest BCUT2D eigenvalue weighted by Gasteiger charge is -2.26. The first-order valence-corrected chi connectivity index (χ1v) is 10.6. The first-order valence-electron chi connectivity index (χ1n) is 10.6. The van der Waals surface area contributed by atoms with Crippen LogP contribution in [-0.2, 0) is 11.8 Å². The van der Waals surface area contributed by atoms with Gasteiger partial charge in [-0.3, -0.25) is 4.68 Å². The molecule has 4 heterocycles. The van der Waals surface area contributed by atoms with Crippen molar-refractivity contribution >= 4 is 22.7 Å². The summed E-state index contributed by atoms with van der Waals surface area (Å²) >= 11 is 0. The SMILES string of the molecule is Cc1cc(-c2c[nH]c3nccc(Oc4c(F)cc(NC5=NCC(F)(CO)CO5)cc4F)c23)n(C)n1. The van der Waals surface area contributed by atoms with Crippen molar-refractivity contribution in [2.24, 2.45) is 12.0 Å². The second-order valence-corrected chi connectivity index (χ2v) is 8.24. The van der Waals surface area contributed by atoms with Gasteiger partial charge in [-0.05, 0) is 19.1 Å². The molecule has 0 bridgehead atoms. The van der Waals surface area contributed by atoms with Gasteiger partial charge in [0.05, 0.1) is 29.9 Å². The van der Waals surface area contributed by atoms with Crippen LogP contribution in [0.4, 0.5) is 18.9 Å². The Bertz CT molecular complexity index is 1430. The van der Waals surface area contributed by atoms with Crippen LogP contribution in [0.15, 0.2) is 41.7 Å². The number of fused-ring (bicyclic) bond motifs is 1. The van der Waals surface area contributed by atoms with Crippen molar-refractivity contribution in [1.29, 1.82) is 0 Å². The van der Waals surface area contributed by atoms with E-state index in [9.17, 15) is 13.2 Å². The van der Waals surface area contributed by atoms with Crippen LogP contribution >= 0.6 is 0 Å². The van der Waals surface area contributed by atoms with Crippen LogP contribution in [0.5, 0.6) is 11.5 Å². The van der Waals surface area contributed by atoms with E-state index in [1.807, 2.05) is 13.0 Å². The highest BCUT2D eigenvalue weighted by Gasteiger charge is 2.34. The fraction of sp³-hybridized carbons (Fsp3) is 0.261. The number of ether oxygens (including phenoxy) is 2. The highest BCUT2D eigenvalue weighted by atomic mass is 19.1. The number of hydrogen-bond acceptors (Lipinski definition) is 7. The number of aryl methyl sites for hydroxylation is 2. The molecule has 182 valence electrons. The van der Waals surface area contributed by atoms with Crippen LogP contribution in [-0.4, -0.2) is 56.3 Å². The Labute approximate surface area is 197 Å². The van der Waals surface area contributed by atoms with Gasteiger partial charge >= 0.3 is 0 Å². The van der Waals surface area contributed by atoms with Gasteiger partial charge in [-0.25, -0.2) is 23.1 Å². The van der Waals surface area contributed by atoms with Crippen molar-refractivity contribution in [3.8, 4) is 22.8 Å². The van der Waals surface area contributed by atoms with E-state index < -0.39 is 36.3 Å². The molecule has 12 heteroatoms. The van der Waals surface area contributed by atoms with Gasteiger partial charge in [0.25, 0.3) is 6.02 Å². The number of halogens is 3. The molecular formula is C23H21F3N6O3. The first kappa shape index (κ1) is 22.7. The van der Waals surface area contributed by atoms with Gasteiger partial charge in [0.2, 0.25) is 0 Å². The van der Waals surface area contributed by atoms with Gasteiger partial charge in [0.1, 0.15) is 18.0 Å². The lowest BCUT2D eigenvalue weighted by molar-refractivity contribution is 0.0181. The average Bonchev–Trinajstić information content (AvgIpc) is 3.40. The van der Waals surface area contributed by atoms with E-state index in [0.29, 0.717) is 16.6 Å². The highest BCUT2D eigenvalue weighted by Crippen LogP contribution is 2.38. The zero-order valence-electron chi connectivity index (χ0n) is 18.8. The van der Waals surface area contributed by atoms with E-state index in [1.165, 1.54) is 12.3 Å². The van der Waals surface area contributed by atoms with Crippen molar-refractivity contribution < 1.29 is 27.8 Å². The summed E-state index contributed by atoms with van der Waals surface area (Å²) in [4.78, 5) is 11.1. The summed E-state index contributed by atoms with van der Waals surface area (Å²) in [6, 6.07) is 5.30. The van der Waals surface area contributed by atoms with E-state index in [-0.39, 0.29) is 24.0 Å². The minimum Gasteiger partial charge on any atom is -0.461 e. The summed E-state index contributed by atoms with van der Waals surface area (Å²) in [6.07, 6.45) is 3.20. The second kappa shape index (κ2) is 8.62. The summed E-state index contributed by atoms with van der Waals surface area (Å²) in [5, 5.41) is 16.5. The maximum absolute atomic E-state index is 14.9. The summed E-state index contributed by atoms with van der Waals surface area (Å²) in [5.74, 6) is -2.35. The number of amidine groups is 1. The van der Waals surface area contributed by atoms with Crippen LogP contribution < -0.4 is 10.1 Å². The Morgan fingerprint density at radius 1 is 1.29 bits per heavy atom. The highest BCUT2D eigenvalue weighted by molar-refractivity contribution is 5.97. The molecule has 3 aromatic heterocycles. The summed E-state index contributed by atoms with van der Waals surface area (Å²) in [6.45, 7) is 0.337. The Balaban J connectivity index is 1.45. The summed E-state index contributed by atoms with van der Waals surface area (Å²) in [7, 11) is 1.79. The van der Waals surface area contributed by atoms with E-state index in [2.05, 4.69) is 25.4 Å². The summed E-state index contributed by atoms with van der Waals surface area (Å²) < 4.78 is 56.4. The number of H-pyrrole nitrogens is 1. The number of aromatic nitrogens is 4. The molecule has 0 aliphatic carbocycles. The fourth-order valence-corrected chi connectivity index (χ4v) is 3.81. The van der Waals surface area contributed by atoms with Gasteiger partial charge in [-0.1, -0.05) is 0 Å². The molecule has 1 aromatic carbocycles. The number of aliphatic hydroxyl groups is 1. The molecule has 1 aliphatic rings. The number of nitrogens with zero attached hydrogens (tertiary/aromatic N) is 4. The third-order valence-electron chi connectivity index (χ3n) is 5.53. The topological polar surface area (TPSA) is 110 Å². The molecule has 9 nitrogen and oxygen atoms in total. The van der Waals surface area contributed by atoms with Crippen LogP contribution in [0.2, 0.25) is 0 Å². The Hall–Kier alpha value is -4.06. The normalized spacial score (nSPS) is 17.8. The van der Waals surface area contributed by atoms with Gasteiger partial charge in [-0.2, -0.15) is 5.10 Å². The van der Waals surface area contributed by atoms with E-state index in [4.69, 9.17) is 14.6 Å². The predicted octanol–water partition coefficient (Wildman–Crippen LogP) is 3.84. The lowest BCUT2D eigenvalue weighted by Crippen LogP contribution is -2.43. The Morgan fingerprint density at radius 2 is 2.06 bits per heavy atom. The molecule has 0 radical (unpaired) electrons. The molecule has 0 fully saturated rings. The standard InChI is InChI=1S/C23H21F3N6O3/c1-12-5-17(32(2)31-12)14-8-28-21-19(14)18(3-4-27-21)35-20-15(24)6-13(7-16(20)25)30-22-29-9-23(26,10-33)11-34-22/h3-8,33H,9-11H2,1-2H3,(H,27,28)(H,29,30). The molecule has 5 rings (SSSR count). The molecule has 3 N–H and O–H groups in total. The van der Waals surface area contributed by atoms with Gasteiger partial charge < -0.3 is 24.9 Å². The maximum atomic E-state index is 14.9. The summed E-state index contributed by atoms with van der Waals surface area (Å²) in [5.41, 5.74) is 0.788. The lowest BCUT2D eigenvalue weighted by atomic mass is 10.1. The number of anilines is 1. The monoisotopic (exact) mass is 486 g/mol. The van der Waals surface area contributed by atoms with Crippen molar-refractivity contribution in [2.75, 3.05) is 25.1 Å². The molecule has 0 saturated heterocycles. The number of benzene rings is 1. The molecule has 1 atom stereocenters. The van der Waals surface area contributed by atoms with Gasteiger partial charge in [0.15, 0.2) is 23.1 Å². The average molecular weight is 486 g/mol. The number of aliphatic imine (C=N–C) groups is 1. The zero-order chi connectivity index (χ0) is 24.7. The van der Waals surface area contributed by atoms with E-state index >= 15 is 0 Å². The minimum absolute atomic E-state index is 0.00553. The van der Waals surface area contributed by atoms with Crippen LogP contribution in [0.1, 0.15) is 5.69 Å². The molecular weight excluding hydrogens is 465 g/mol. The van der Waals surface area contributed by atoms with Crippen molar-refractivity contribution in [1.82, 2.24) is 19.7 Å². The molecule has 0 amide bonds. The maximum Gasteiger partial charge on any atom is 0.289 e. The van der Waals surface area contributed by atoms with Crippen LogP contribution in [0, 0.1) is 18.6 Å². The molecule has 1 aliphatic heterocycles. The van der Waals surface area contributed by atoms with Crippen LogP contribution in [0.25, 0.3) is 22.3 Å². The smallest absolute Gasteiger partial charge is 0.289 e. The van der Waals surface area contributed by atoms with E-state index in [1.54, 1.807) is 17.9 Å². The van der Waals surface area contributed by atoms with Crippen molar-refractivity contribution in [2.45, 2.75) is 12.6 Å². The molecule has 4 aromatic rings. The number of alkyl halides is 1. The zero-order valence-corrected chi connectivity index (χ0v) is 18.8. The molecule has 1 unspecified atom stereocenters. The molecule has 0 saturated carbocycles. The first-order chi connectivity index (χ1) is 16.8. The third kappa shape index (κ3) is 4.28. The third-order valence-corrected chi connectivity index (χ3v) is 5.53. The van der Waals surface area contributed by atoms with E-state index in [0.717, 1.165) is 23.5 Å². The number of hydrogen-bond donors (Lipinski definition) is 3. The number of aliphatic hydroxyl groups excluding tert-OH is 1.